The van der Waals surface area contributed by atoms with Crippen molar-refractivity contribution in [2.75, 3.05) is 18.0 Å². The molecular weight excluding hydrogens is 441 g/mol. The molecule has 2 aromatic carbocycles. The molecule has 0 radical (unpaired) electrons. The van der Waals surface area contributed by atoms with Crippen LogP contribution in [0, 0.1) is 0 Å². The van der Waals surface area contributed by atoms with E-state index in [9.17, 15) is 18.0 Å². The SMILES string of the molecule is O=C(NCc1cccnc1)c1ccc(N2CCC(NCc3cccc(C(F)(F)F)c3)CC2)cc1. The smallest absolute Gasteiger partial charge is 0.371 e. The van der Waals surface area contributed by atoms with Gasteiger partial charge >= 0.3 is 6.18 Å². The van der Waals surface area contributed by atoms with Crippen LogP contribution in [0.15, 0.2) is 73.1 Å². The van der Waals surface area contributed by atoms with Gasteiger partial charge in [0.25, 0.3) is 5.91 Å². The lowest BCUT2D eigenvalue weighted by atomic mass is 10.0. The highest BCUT2D eigenvalue weighted by Gasteiger charge is 2.30. The number of aromatic nitrogens is 1. The number of hydrogen-bond acceptors (Lipinski definition) is 4. The number of pyridine rings is 1. The normalized spacial score (nSPS) is 14.7. The van der Waals surface area contributed by atoms with Crippen molar-refractivity contribution >= 4 is 11.6 Å². The van der Waals surface area contributed by atoms with Crippen LogP contribution in [0.1, 0.15) is 39.9 Å². The summed E-state index contributed by atoms with van der Waals surface area (Å²) in [5, 5.41) is 6.28. The van der Waals surface area contributed by atoms with E-state index < -0.39 is 11.7 Å². The topological polar surface area (TPSA) is 57.3 Å². The third-order valence-corrected chi connectivity index (χ3v) is 6.01. The molecule has 1 amide bonds. The zero-order valence-electron chi connectivity index (χ0n) is 18.7. The first-order valence-electron chi connectivity index (χ1n) is 11.3. The van der Waals surface area contributed by atoms with Crippen LogP contribution < -0.4 is 15.5 Å². The predicted octanol–water partition coefficient (Wildman–Crippen LogP) is 4.79. The van der Waals surface area contributed by atoms with E-state index in [-0.39, 0.29) is 11.9 Å². The molecule has 1 fully saturated rings. The van der Waals surface area contributed by atoms with Crippen molar-refractivity contribution in [1.82, 2.24) is 15.6 Å². The minimum absolute atomic E-state index is 0.132. The van der Waals surface area contributed by atoms with Crippen LogP contribution in [0.5, 0.6) is 0 Å². The van der Waals surface area contributed by atoms with Crippen molar-refractivity contribution in [3.63, 3.8) is 0 Å². The fourth-order valence-electron chi connectivity index (χ4n) is 4.07. The summed E-state index contributed by atoms with van der Waals surface area (Å²) < 4.78 is 38.7. The van der Waals surface area contributed by atoms with Crippen LogP contribution in [0.4, 0.5) is 18.9 Å². The first kappa shape index (κ1) is 23.8. The summed E-state index contributed by atoms with van der Waals surface area (Å²) in [6.45, 7) is 2.52. The van der Waals surface area contributed by atoms with Gasteiger partial charge in [0.15, 0.2) is 0 Å². The number of piperidine rings is 1. The summed E-state index contributed by atoms with van der Waals surface area (Å²) >= 11 is 0. The maximum absolute atomic E-state index is 12.9. The number of carbonyl (C=O) groups is 1. The zero-order chi connectivity index (χ0) is 24.0. The van der Waals surface area contributed by atoms with Crippen LogP contribution in [0.25, 0.3) is 0 Å². The molecule has 1 aliphatic rings. The van der Waals surface area contributed by atoms with Gasteiger partial charge in [0.2, 0.25) is 0 Å². The number of rotatable bonds is 7. The number of alkyl halides is 3. The maximum atomic E-state index is 12.9. The van der Waals surface area contributed by atoms with E-state index in [1.54, 1.807) is 18.5 Å². The highest BCUT2D eigenvalue weighted by atomic mass is 19.4. The Hall–Kier alpha value is -3.39. The highest BCUT2D eigenvalue weighted by molar-refractivity contribution is 5.94. The minimum Gasteiger partial charge on any atom is -0.371 e. The zero-order valence-corrected chi connectivity index (χ0v) is 18.7. The lowest BCUT2D eigenvalue weighted by molar-refractivity contribution is -0.137. The van der Waals surface area contributed by atoms with E-state index in [0.717, 1.165) is 43.2 Å². The number of hydrogen-bond donors (Lipinski definition) is 2. The molecule has 2 N–H and O–H groups in total. The Balaban J connectivity index is 1.23. The van der Waals surface area contributed by atoms with Crippen LogP contribution >= 0.6 is 0 Å². The molecule has 4 rings (SSSR count). The molecule has 0 bridgehead atoms. The highest BCUT2D eigenvalue weighted by Crippen LogP contribution is 2.29. The first-order chi connectivity index (χ1) is 16.4. The molecule has 0 unspecified atom stereocenters. The van der Waals surface area contributed by atoms with Crippen molar-refractivity contribution in [3.05, 3.63) is 95.3 Å². The van der Waals surface area contributed by atoms with Gasteiger partial charge in [-0.3, -0.25) is 9.78 Å². The molecule has 1 saturated heterocycles. The summed E-state index contributed by atoms with van der Waals surface area (Å²) in [5.74, 6) is -0.132. The first-order valence-corrected chi connectivity index (χ1v) is 11.3. The Morgan fingerprint density at radius 3 is 2.38 bits per heavy atom. The largest absolute Gasteiger partial charge is 0.416 e. The van der Waals surface area contributed by atoms with Gasteiger partial charge in [-0.1, -0.05) is 24.3 Å². The summed E-state index contributed by atoms with van der Waals surface area (Å²) in [7, 11) is 0. The predicted molar refractivity (Wildman–Crippen MR) is 125 cm³/mol. The van der Waals surface area contributed by atoms with E-state index in [0.29, 0.717) is 24.2 Å². The van der Waals surface area contributed by atoms with E-state index in [1.165, 1.54) is 12.1 Å². The van der Waals surface area contributed by atoms with Gasteiger partial charge in [0.05, 0.1) is 5.56 Å². The maximum Gasteiger partial charge on any atom is 0.416 e. The molecule has 34 heavy (non-hydrogen) atoms. The standard InChI is InChI=1S/C26H27F3N4O/c27-26(28,29)22-5-1-3-19(15-22)17-31-23-10-13-33(14-11-23)24-8-6-21(7-9-24)25(34)32-18-20-4-2-12-30-16-20/h1-9,12,15-16,23,31H,10-11,13-14,17-18H2,(H,32,34). The molecule has 8 heteroatoms. The van der Waals surface area contributed by atoms with E-state index >= 15 is 0 Å². The number of halogens is 3. The van der Waals surface area contributed by atoms with Gasteiger partial charge in [-0.2, -0.15) is 13.2 Å². The number of benzene rings is 2. The molecular formula is C26H27F3N4O. The minimum atomic E-state index is -4.32. The number of nitrogens with one attached hydrogen (secondary N) is 2. The van der Waals surface area contributed by atoms with Crippen LogP contribution in [0.2, 0.25) is 0 Å². The molecule has 5 nitrogen and oxygen atoms in total. The fraction of sp³-hybridized carbons (Fsp3) is 0.308. The summed E-state index contributed by atoms with van der Waals surface area (Å²) in [4.78, 5) is 18.7. The second kappa shape index (κ2) is 10.7. The molecule has 0 aliphatic carbocycles. The van der Waals surface area contributed by atoms with E-state index in [2.05, 4.69) is 20.5 Å². The Morgan fingerprint density at radius 1 is 0.971 bits per heavy atom. The third-order valence-electron chi connectivity index (χ3n) is 6.01. The van der Waals surface area contributed by atoms with Crippen molar-refractivity contribution in [3.8, 4) is 0 Å². The van der Waals surface area contributed by atoms with E-state index in [1.807, 2.05) is 36.4 Å². The quantitative estimate of drug-likeness (QED) is 0.524. The average molecular weight is 469 g/mol. The van der Waals surface area contributed by atoms with Crippen molar-refractivity contribution in [2.45, 2.75) is 38.1 Å². The molecule has 3 aromatic rings. The van der Waals surface area contributed by atoms with Gasteiger partial charge in [0, 0.05) is 55.9 Å². The number of nitrogens with zero attached hydrogens (tertiary/aromatic N) is 2. The van der Waals surface area contributed by atoms with Gasteiger partial charge in [-0.15, -0.1) is 0 Å². The molecule has 1 aliphatic heterocycles. The van der Waals surface area contributed by atoms with Crippen LogP contribution in [-0.4, -0.2) is 30.0 Å². The van der Waals surface area contributed by atoms with Gasteiger partial charge in [0.1, 0.15) is 0 Å². The number of amides is 1. The van der Waals surface area contributed by atoms with Crippen LogP contribution in [0.3, 0.4) is 0 Å². The monoisotopic (exact) mass is 468 g/mol. The van der Waals surface area contributed by atoms with Crippen molar-refractivity contribution < 1.29 is 18.0 Å². The van der Waals surface area contributed by atoms with E-state index in [4.69, 9.17) is 0 Å². The Bertz CT molecular complexity index is 1080. The summed E-state index contributed by atoms with van der Waals surface area (Å²) in [5.41, 5.74) is 2.62. The summed E-state index contributed by atoms with van der Waals surface area (Å²) in [6.07, 6.45) is 0.885. The molecule has 2 heterocycles. The summed E-state index contributed by atoms with van der Waals surface area (Å²) in [6, 6.07) is 17.0. The number of anilines is 1. The van der Waals surface area contributed by atoms with Crippen LogP contribution in [-0.2, 0) is 19.3 Å². The molecule has 0 spiro atoms. The Kier molecular flexibility index (Phi) is 7.47. The second-order valence-corrected chi connectivity index (χ2v) is 8.43. The third kappa shape index (κ3) is 6.35. The average Bonchev–Trinajstić information content (AvgIpc) is 2.87. The Labute approximate surface area is 197 Å². The molecule has 0 saturated carbocycles. The fourth-order valence-corrected chi connectivity index (χ4v) is 4.07. The van der Waals surface area contributed by atoms with Gasteiger partial charge < -0.3 is 15.5 Å². The molecule has 1 aromatic heterocycles. The van der Waals surface area contributed by atoms with Gasteiger partial charge in [-0.05, 0) is 60.4 Å². The second-order valence-electron chi connectivity index (χ2n) is 8.43. The van der Waals surface area contributed by atoms with Gasteiger partial charge in [-0.25, -0.2) is 0 Å². The lowest BCUT2D eigenvalue weighted by Crippen LogP contribution is -2.42. The molecule has 178 valence electrons. The number of carbonyl (C=O) groups excluding carboxylic acids is 1. The lowest BCUT2D eigenvalue weighted by Gasteiger charge is -2.34. The van der Waals surface area contributed by atoms with Crippen molar-refractivity contribution in [1.29, 1.82) is 0 Å². The molecule has 0 atom stereocenters. The van der Waals surface area contributed by atoms with Crippen molar-refractivity contribution in [2.24, 2.45) is 0 Å². The Morgan fingerprint density at radius 2 is 1.71 bits per heavy atom.